The van der Waals surface area contributed by atoms with E-state index >= 15 is 0 Å². The lowest BCUT2D eigenvalue weighted by atomic mass is 9.94. The molecule has 0 aliphatic carbocycles. The molecule has 2 nitrogen and oxygen atoms in total. The molecule has 3 heteroatoms. The number of thiol groups is 1. The number of hydrogen-bond donors (Lipinski definition) is 3. The smallest absolute Gasteiger partial charge is 0.0241 e. The van der Waals surface area contributed by atoms with Crippen LogP contribution >= 0.6 is 12.6 Å². The predicted molar refractivity (Wildman–Crippen MR) is 54.8 cm³/mol. The topological polar surface area (TPSA) is 24.1 Å². The molecule has 0 aromatic rings. The second kappa shape index (κ2) is 3.20. The highest BCUT2D eigenvalue weighted by Gasteiger charge is 2.35. The fourth-order valence-corrected chi connectivity index (χ4v) is 2.69. The lowest BCUT2D eigenvalue weighted by Gasteiger charge is -2.24. The van der Waals surface area contributed by atoms with Crippen molar-refractivity contribution in [2.75, 3.05) is 19.6 Å². The van der Waals surface area contributed by atoms with E-state index in [9.17, 15) is 0 Å². The maximum atomic E-state index is 4.67. The quantitative estimate of drug-likeness (QED) is 0.484. The molecule has 0 aromatic carbocycles. The molecule has 2 rings (SSSR count). The van der Waals surface area contributed by atoms with Crippen molar-refractivity contribution in [3.63, 3.8) is 0 Å². The van der Waals surface area contributed by atoms with Gasteiger partial charge in [-0.05, 0) is 38.8 Å². The molecule has 2 saturated heterocycles. The Morgan fingerprint density at radius 3 is 3.17 bits per heavy atom. The van der Waals surface area contributed by atoms with E-state index in [4.69, 9.17) is 0 Å². The van der Waals surface area contributed by atoms with Crippen LogP contribution in [0.15, 0.2) is 0 Å². The molecule has 0 saturated carbocycles. The molecule has 2 N–H and O–H groups in total. The highest BCUT2D eigenvalue weighted by Crippen LogP contribution is 2.29. The van der Waals surface area contributed by atoms with Crippen molar-refractivity contribution in [2.24, 2.45) is 5.92 Å². The number of rotatable bonds is 0. The summed E-state index contributed by atoms with van der Waals surface area (Å²) < 4.78 is 0.177. The summed E-state index contributed by atoms with van der Waals surface area (Å²) in [6.45, 7) is 5.64. The van der Waals surface area contributed by atoms with Crippen LogP contribution in [0.1, 0.15) is 19.8 Å². The van der Waals surface area contributed by atoms with Gasteiger partial charge in [-0.15, -0.1) is 0 Å². The molecule has 0 amide bonds. The Bertz CT molecular complexity index is 170. The second-order valence-electron chi connectivity index (χ2n) is 4.44. The summed E-state index contributed by atoms with van der Waals surface area (Å²) >= 11 is 4.67. The first kappa shape index (κ1) is 8.85. The second-order valence-corrected chi connectivity index (χ2v) is 5.52. The van der Waals surface area contributed by atoms with Gasteiger partial charge in [0.25, 0.3) is 0 Å². The zero-order chi connectivity index (χ0) is 8.60. The molecular weight excluding hydrogens is 168 g/mol. The van der Waals surface area contributed by atoms with E-state index in [1.807, 2.05) is 0 Å². The van der Waals surface area contributed by atoms with Crippen molar-refractivity contribution in [3.8, 4) is 0 Å². The van der Waals surface area contributed by atoms with Crippen LogP contribution in [-0.2, 0) is 0 Å². The third-order valence-corrected chi connectivity index (χ3v) is 3.40. The van der Waals surface area contributed by atoms with Gasteiger partial charge in [-0.25, -0.2) is 0 Å². The molecule has 2 fully saturated rings. The molecule has 2 heterocycles. The summed E-state index contributed by atoms with van der Waals surface area (Å²) in [6.07, 6.45) is 2.54. The largest absolute Gasteiger partial charge is 0.315 e. The Kier molecular flexibility index (Phi) is 2.36. The highest BCUT2D eigenvalue weighted by atomic mass is 32.1. The van der Waals surface area contributed by atoms with Crippen molar-refractivity contribution >= 4 is 12.6 Å². The van der Waals surface area contributed by atoms with E-state index in [1.54, 1.807) is 0 Å². The van der Waals surface area contributed by atoms with Crippen LogP contribution in [0.5, 0.6) is 0 Å². The van der Waals surface area contributed by atoms with Crippen LogP contribution in [-0.4, -0.2) is 30.4 Å². The summed E-state index contributed by atoms with van der Waals surface area (Å²) in [6, 6.07) is 0.711. The first-order valence-electron chi connectivity index (χ1n) is 4.84. The Morgan fingerprint density at radius 1 is 1.50 bits per heavy atom. The van der Waals surface area contributed by atoms with Crippen molar-refractivity contribution in [1.82, 2.24) is 10.6 Å². The minimum atomic E-state index is 0.177. The van der Waals surface area contributed by atoms with Crippen LogP contribution in [0.25, 0.3) is 0 Å². The third kappa shape index (κ3) is 1.78. The average Bonchev–Trinajstić information content (AvgIpc) is 2.31. The van der Waals surface area contributed by atoms with Gasteiger partial charge in [-0.1, -0.05) is 0 Å². The number of nitrogens with one attached hydrogen (secondary N) is 2. The molecule has 12 heavy (non-hydrogen) atoms. The molecule has 3 unspecified atom stereocenters. The van der Waals surface area contributed by atoms with Crippen molar-refractivity contribution in [2.45, 2.75) is 30.6 Å². The number of fused-ring (bicyclic) bond motifs is 1. The fourth-order valence-electron chi connectivity index (χ4n) is 2.38. The fraction of sp³-hybridized carbons (Fsp3) is 1.00. The van der Waals surface area contributed by atoms with Gasteiger partial charge in [0.1, 0.15) is 0 Å². The normalized spacial score (nSPS) is 48.5. The van der Waals surface area contributed by atoms with Gasteiger partial charge in [0.15, 0.2) is 0 Å². The van der Waals surface area contributed by atoms with Gasteiger partial charge in [0.05, 0.1) is 0 Å². The van der Waals surface area contributed by atoms with E-state index in [2.05, 4.69) is 30.2 Å². The summed E-state index contributed by atoms with van der Waals surface area (Å²) in [5.41, 5.74) is 0. The maximum absolute atomic E-state index is 4.67. The van der Waals surface area contributed by atoms with Crippen LogP contribution in [0, 0.1) is 5.92 Å². The Labute approximate surface area is 79.9 Å². The van der Waals surface area contributed by atoms with E-state index in [1.165, 1.54) is 25.9 Å². The van der Waals surface area contributed by atoms with Crippen molar-refractivity contribution in [1.29, 1.82) is 0 Å². The molecule has 2 aliphatic rings. The Hall–Kier alpha value is 0.270. The minimum Gasteiger partial charge on any atom is -0.315 e. The standard InChI is InChI=1S/C9H18N2S/c1-9(12)4-8-7(2-3-11-8)5-10-6-9/h7-8,10-12H,2-6H2,1H3. The summed E-state index contributed by atoms with van der Waals surface area (Å²) in [5.74, 6) is 0.846. The van der Waals surface area contributed by atoms with Gasteiger partial charge in [0.2, 0.25) is 0 Å². The van der Waals surface area contributed by atoms with Gasteiger partial charge < -0.3 is 10.6 Å². The van der Waals surface area contributed by atoms with E-state index < -0.39 is 0 Å². The molecule has 70 valence electrons. The summed E-state index contributed by atoms with van der Waals surface area (Å²) in [4.78, 5) is 0. The first-order chi connectivity index (χ1) is 5.67. The highest BCUT2D eigenvalue weighted by molar-refractivity contribution is 7.81. The monoisotopic (exact) mass is 186 g/mol. The van der Waals surface area contributed by atoms with Crippen LogP contribution in [0.2, 0.25) is 0 Å². The first-order valence-corrected chi connectivity index (χ1v) is 5.29. The van der Waals surface area contributed by atoms with Gasteiger partial charge >= 0.3 is 0 Å². The Morgan fingerprint density at radius 2 is 2.33 bits per heavy atom. The van der Waals surface area contributed by atoms with Crippen LogP contribution in [0.4, 0.5) is 0 Å². The zero-order valence-electron chi connectivity index (χ0n) is 7.64. The molecule has 0 aromatic heterocycles. The lowest BCUT2D eigenvalue weighted by Crippen LogP contribution is -2.35. The van der Waals surface area contributed by atoms with E-state index in [-0.39, 0.29) is 4.75 Å². The van der Waals surface area contributed by atoms with Crippen LogP contribution < -0.4 is 10.6 Å². The average molecular weight is 186 g/mol. The number of hydrogen-bond acceptors (Lipinski definition) is 3. The predicted octanol–water partition coefficient (Wildman–Crippen LogP) is 0.646. The molecule has 0 spiro atoms. The van der Waals surface area contributed by atoms with Crippen molar-refractivity contribution < 1.29 is 0 Å². The van der Waals surface area contributed by atoms with Gasteiger partial charge in [-0.2, -0.15) is 12.6 Å². The summed E-state index contributed by atoms with van der Waals surface area (Å²) in [7, 11) is 0. The summed E-state index contributed by atoms with van der Waals surface area (Å²) in [5, 5.41) is 7.06. The molecule has 3 atom stereocenters. The molecular formula is C9H18N2S. The van der Waals surface area contributed by atoms with Crippen molar-refractivity contribution in [3.05, 3.63) is 0 Å². The van der Waals surface area contributed by atoms with Gasteiger partial charge in [-0.3, -0.25) is 0 Å². The maximum Gasteiger partial charge on any atom is 0.0241 e. The SMILES string of the molecule is CC1(S)CNCC2CCNC2C1. The van der Waals surface area contributed by atoms with E-state index in [0.29, 0.717) is 6.04 Å². The van der Waals surface area contributed by atoms with E-state index in [0.717, 1.165) is 12.5 Å². The third-order valence-electron chi connectivity index (χ3n) is 3.06. The van der Waals surface area contributed by atoms with Gasteiger partial charge in [0, 0.05) is 17.3 Å². The zero-order valence-corrected chi connectivity index (χ0v) is 8.53. The molecule has 2 aliphatic heterocycles. The molecule has 0 radical (unpaired) electrons. The molecule has 0 bridgehead atoms. The Balaban J connectivity index is 2.04. The minimum absolute atomic E-state index is 0.177. The lowest BCUT2D eigenvalue weighted by molar-refractivity contribution is 0.427. The van der Waals surface area contributed by atoms with Crippen LogP contribution in [0.3, 0.4) is 0 Å².